The molecule has 1 amide bonds. The Morgan fingerprint density at radius 2 is 2.12 bits per heavy atom. The highest BCUT2D eigenvalue weighted by atomic mass is 35.5. The van der Waals surface area contributed by atoms with Crippen LogP contribution in [0.15, 0.2) is 42.6 Å². The molecule has 1 aliphatic carbocycles. The van der Waals surface area contributed by atoms with Gasteiger partial charge in [0.05, 0.1) is 45.1 Å². The molecule has 3 N–H and O–H groups in total. The number of aliphatic hydroxyl groups is 1. The summed E-state index contributed by atoms with van der Waals surface area (Å²) >= 11 is 6.49. The fourth-order valence-corrected chi connectivity index (χ4v) is 4.03. The largest absolute Gasteiger partial charge is 0.396 e. The van der Waals surface area contributed by atoms with E-state index in [4.69, 9.17) is 16.7 Å². The Labute approximate surface area is 194 Å². The van der Waals surface area contributed by atoms with E-state index in [2.05, 4.69) is 26.7 Å². The molecule has 9 heteroatoms. The zero-order chi connectivity index (χ0) is 22.9. The fourth-order valence-electron chi connectivity index (χ4n) is 3.76. The van der Waals surface area contributed by atoms with E-state index in [-0.39, 0.29) is 18.6 Å². The highest BCUT2D eigenvalue weighted by molar-refractivity contribution is 6.34. The Bertz CT molecular complexity index is 1420. The maximum absolute atomic E-state index is 12.5. The van der Waals surface area contributed by atoms with E-state index in [9.17, 15) is 10.1 Å². The van der Waals surface area contributed by atoms with Gasteiger partial charge < -0.3 is 15.7 Å². The number of hydrogen-bond acceptors (Lipinski definition) is 6. The number of nitriles is 1. The van der Waals surface area contributed by atoms with E-state index in [0.29, 0.717) is 46.1 Å². The zero-order valence-electron chi connectivity index (χ0n) is 17.7. The summed E-state index contributed by atoms with van der Waals surface area (Å²) in [5.41, 5.74) is 4.57. The lowest BCUT2D eigenvalue weighted by Crippen LogP contribution is -2.25. The number of aliphatic hydroxyl groups excluding tert-OH is 1. The van der Waals surface area contributed by atoms with Crippen LogP contribution >= 0.6 is 11.6 Å². The summed E-state index contributed by atoms with van der Waals surface area (Å²) < 4.78 is 1.96. The van der Waals surface area contributed by atoms with Crippen molar-refractivity contribution < 1.29 is 9.90 Å². The van der Waals surface area contributed by atoms with Crippen molar-refractivity contribution in [3.8, 4) is 17.3 Å². The van der Waals surface area contributed by atoms with Gasteiger partial charge in [0.15, 0.2) is 11.5 Å². The number of benzene rings is 2. The Hall–Kier alpha value is -3.67. The maximum atomic E-state index is 12.5. The summed E-state index contributed by atoms with van der Waals surface area (Å²) in [6, 6.07) is 13.1. The normalized spacial score (nSPS) is 13.2. The van der Waals surface area contributed by atoms with Gasteiger partial charge in [-0.2, -0.15) is 5.26 Å². The van der Waals surface area contributed by atoms with Crippen LogP contribution in [0.2, 0.25) is 5.02 Å². The summed E-state index contributed by atoms with van der Waals surface area (Å²) in [6.07, 6.45) is 4.32. The first-order chi connectivity index (χ1) is 16.1. The van der Waals surface area contributed by atoms with Crippen molar-refractivity contribution in [2.75, 3.05) is 18.5 Å². The van der Waals surface area contributed by atoms with Gasteiger partial charge in [-0.05, 0) is 49.6 Å². The molecule has 2 aromatic heterocycles. The zero-order valence-corrected chi connectivity index (χ0v) is 18.4. The lowest BCUT2D eigenvalue weighted by atomic mass is 10.1. The lowest BCUT2D eigenvalue weighted by molar-refractivity contribution is 0.0951. The molecule has 33 heavy (non-hydrogen) atoms. The van der Waals surface area contributed by atoms with Crippen LogP contribution in [0, 0.1) is 11.3 Å². The Morgan fingerprint density at radius 1 is 1.27 bits per heavy atom. The highest BCUT2D eigenvalue weighted by Crippen LogP contribution is 2.31. The van der Waals surface area contributed by atoms with Gasteiger partial charge in [-0.25, -0.2) is 9.97 Å². The molecule has 2 heterocycles. The minimum Gasteiger partial charge on any atom is -0.396 e. The topological polar surface area (TPSA) is 115 Å². The predicted molar refractivity (Wildman–Crippen MR) is 126 cm³/mol. The summed E-state index contributed by atoms with van der Waals surface area (Å²) in [6.45, 7) is 0.593. The number of imidazole rings is 1. The van der Waals surface area contributed by atoms with Crippen LogP contribution < -0.4 is 10.6 Å². The molecule has 4 aromatic rings. The number of carbonyl (C=O) groups excluding carboxylic acids is 1. The quantitative estimate of drug-likeness (QED) is 0.362. The molecule has 1 aliphatic rings. The van der Waals surface area contributed by atoms with Crippen molar-refractivity contribution in [2.45, 2.75) is 25.3 Å². The molecule has 2 aromatic carbocycles. The van der Waals surface area contributed by atoms with Gasteiger partial charge >= 0.3 is 0 Å². The van der Waals surface area contributed by atoms with Crippen molar-refractivity contribution in [1.29, 1.82) is 5.26 Å². The second kappa shape index (κ2) is 8.70. The van der Waals surface area contributed by atoms with E-state index in [0.717, 1.165) is 29.6 Å². The van der Waals surface area contributed by atoms with Crippen LogP contribution in [0.3, 0.4) is 0 Å². The van der Waals surface area contributed by atoms with Gasteiger partial charge in [0, 0.05) is 24.8 Å². The third kappa shape index (κ3) is 4.09. The first-order valence-corrected chi connectivity index (χ1v) is 11.1. The van der Waals surface area contributed by atoms with E-state index < -0.39 is 0 Å². The molecular weight excluding hydrogens is 440 g/mol. The number of amides is 1. The number of rotatable bonds is 7. The number of aromatic nitrogens is 3. The smallest absolute Gasteiger partial charge is 0.253 e. The Morgan fingerprint density at radius 3 is 2.85 bits per heavy atom. The number of anilines is 1. The second-order valence-electron chi connectivity index (χ2n) is 8.02. The summed E-state index contributed by atoms with van der Waals surface area (Å²) in [5, 5.41) is 25.0. The van der Waals surface area contributed by atoms with Gasteiger partial charge in [0.1, 0.15) is 0 Å². The number of carbonyl (C=O) groups is 1. The SMILES string of the molecule is N#Cc1ccc2c(c1)nc(NCCCO)c1ncc(-c3ccc(C(=O)NC4CC4)c(Cl)c3)n12. The van der Waals surface area contributed by atoms with Crippen molar-refractivity contribution >= 4 is 40.0 Å². The van der Waals surface area contributed by atoms with Crippen LogP contribution in [0.1, 0.15) is 35.2 Å². The monoisotopic (exact) mass is 460 g/mol. The van der Waals surface area contributed by atoms with Crippen LogP contribution in [0.4, 0.5) is 5.82 Å². The summed E-state index contributed by atoms with van der Waals surface area (Å²) in [5.74, 6) is 0.394. The number of halogens is 1. The number of nitrogens with zero attached hydrogens (tertiary/aromatic N) is 4. The molecule has 1 fully saturated rings. The van der Waals surface area contributed by atoms with Crippen molar-refractivity contribution in [3.63, 3.8) is 0 Å². The first-order valence-electron chi connectivity index (χ1n) is 10.8. The molecule has 8 nitrogen and oxygen atoms in total. The Balaban J connectivity index is 1.63. The average Bonchev–Trinajstić information content (AvgIpc) is 3.52. The van der Waals surface area contributed by atoms with Crippen LogP contribution in [-0.2, 0) is 0 Å². The van der Waals surface area contributed by atoms with Crippen LogP contribution in [0.25, 0.3) is 27.9 Å². The third-order valence-corrected chi connectivity index (χ3v) is 5.91. The molecule has 0 atom stereocenters. The molecule has 0 spiro atoms. The minimum absolute atomic E-state index is 0.0638. The van der Waals surface area contributed by atoms with Gasteiger partial charge in [-0.15, -0.1) is 0 Å². The predicted octanol–water partition coefficient (Wildman–Crippen LogP) is 3.76. The van der Waals surface area contributed by atoms with Gasteiger partial charge in [-0.1, -0.05) is 17.7 Å². The summed E-state index contributed by atoms with van der Waals surface area (Å²) in [4.78, 5) is 21.7. The van der Waals surface area contributed by atoms with Crippen molar-refractivity contribution in [2.24, 2.45) is 0 Å². The second-order valence-corrected chi connectivity index (χ2v) is 8.43. The molecule has 5 rings (SSSR count). The van der Waals surface area contributed by atoms with E-state index in [1.807, 2.05) is 16.5 Å². The molecule has 166 valence electrons. The third-order valence-electron chi connectivity index (χ3n) is 5.60. The van der Waals surface area contributed by atoms with Gasteiger partial charge in [0.25, 0.3) is 5.91 Å². The fraction of sp³-hybridized carbons (Fsp3) is 0.250. The van der Waals surface area contributed by atoms with Crippen molar-refractivity contribution in [3.05, 3.63) is 58.7 Å². The van der Waals surface area contributed by atoms with Crippen LogP contribution in [-0.4, -0.2) is 44.6 Å². The lowest BCUT2D eigenvalue weighted by Gasteiger charge is -2.12. The van der Waals surface area contributed by atoms with Crippen molar-refractivity contribution in [1.82, 2.24) is 19.7 Å². The van der Waals surface area contributed by atoms with Gasteiger partial charge in [0.2, 0.25) is 0 Å². The van der Waals surface area contributed by atoms with Crippen LogP contribution in [0.5, 0.6) is 0 Å². The Kier molecular flexibility index (Phi) is 5.58. The van der Waals surface area contributed by atoms with E-state index in [1.165, 1.54) is 0 Å². The van der Waals surface area contributed by atoms with E-state index in [1.54, 1.807) is 30.5 Å². The molecule has 1 saturated carbocycles. The standard InChI is InChI=1S/C24H21ClN6O2/c25-18-11-15(3-6-17(18)24(33)29-16-4-5-16)21-13-28-23-22(27-8-1-9-32)30-19-10-14(12-26)2-7-20(19)31(21)23/h2-3,6-7,10-11,13,16,32H,1,4-5,8-9H2,(H,27,30)(H,29,33). The number of fused-ring (bicyclic) bond motifs is 3. The minimum atomic E-state index is -0.166. The first kappa shape index (κ1) is 21.2. The molecule has 0 unspecified atom stereocenters. The maximum Gasteiger partial charge on any atom is 0.253 e. The number of hydrogen-bond donors (Lipinski definition) is 3. The van der Waals surface area contributed by atoms with Gasteiger partial charge in [-0.3, -0.25) is 9.20 Å². The molecule has 0 bridgehead atoms. The molecular formula is C24H21ClN6O2. The number of nitrogens with one attached hydrogen (secondary N) is 2. The summed E-state index contributed by atoms with van der Waals surface area (Å²) in [7, 11) is 0. The van der Waals surface area contributed by atoms with E-state index >= 15 is 0 Å². The average molecular weight is 461 g/mol. The molecule has 0 radical (unpaired) electrons. The highest BCUT2D eigenvalue weighted by Gasteiger charge is 2.25. The molecule has 0 saturated heterocycles. The molecule has 0 aliphatic heterocycles.